The first-order chi connectivity index (χ1) is 16.4. The second kappa shape index (κ2) is 9.52. The van der Waals surface area contributed by atoms with Crippen molar-refractivity contribution in [3.63, 3.8) is 0 Å². The van der Waals surface area contributed by atoms with Crippen LogP contribution in [0.15, 0.2) is 65.8 Å². The fourth-order valence-corrected chi connectivity index (χ4v) is 6.50. The molecule has 0 saturated carbocycles. The number of nitrogens with zero attached hydrogens (tertiary/aromatic N) is 4. The molecule has 1 atom stereocenters. The Hall–Kier alpha value is -2.68. The third-order valence-electron chi connectivity index (χ3n) is 6.72. The molecule has 0 aliphatic carbocycles. The summed E-state index contributed by atoms with van der Waals surface area (Å²) in [5, 5.41) is 2.28. The third-order valence-corrected chi connectivity index (χ3v) is 8.80. The molecule has 2 aliphatic heterocycles. The minimum absolute atomic E-state index is 0.123. The summed E-state index contributed by atoms with van der Waals surface area (Å²) in [5.74, 6) is 0.227. The first kappa shape index (κ1) is 23.1. The smallest absolute Gasteiger partial charge is 0.243 e. The van der Waals surface area contributed by atoms with E-state index >= 15 is 0 Å². The largest absolute Gasteiger partial charge is 0.371 e. The highest BCUT2D eigenvalue weighted by molar-refractivity contribution is 7.89. The highest BCUT2D eigenvalue weighted by Crippen LogP contribution is 2.27. The van der Waals surface area contributed by atoms with Gasteiger partial charge in [-0.25, -0.2) is 8.42 Å². The molecule has 34 heavy (non-hydrogen) atoms. The summed E-state index contributed by atoms with van der Waals surface area (Å²) in [6, 6.07) is 14.4. The molecule has 2 aromatic carbocycles. The van der Waals surface area contributed by atoms with Crippen LogP contribution < -0.4 is 4.90 Å². The van der Waals surface area contributed by atoms with Gasteiger partial charge >= 0.3 is 0 Å². The molecule has 178 valence electrons. The molecule has 3 heterocycles. The number of anilines is 1. The SMILES string of the molecule is O=C1CN(S(=O)(=O)c2ccc3cc(Cl)ccc3c2)CCN1CC1CCCN(c2ccncc2)C1. The maximum Gasteiger partial charge on any atom is 0.243 e. The lowest BCUT2D eigenvalue weighted by Gasteiger charge is -2.39. The van der Waals surface area contributed by atoms with Gasteiger partial charge in [0.2, 0.25) is 15.9 Å². The van der Waals surface area contributed by atoms with Crippen molar-refractivity contribution < 1.29 is 13.2 Å². The van der Waals surface area contributed by atoms with Gasteiger partial charge in [0.1, 0.15) is 0 Å². The molecule has 0 spiro atoms. The molecule has 7 nitrogen and oxygen atoms in total. The number of amides is 1. The number of halogens is 1. The van der Waals surface area contributed by atoms with Crippen LogP contribution in [0.4, 0.5) is 5.69 Å². The van der Waals surface area contributed by atoms with E-state index in [0.29, 0.717) is 30.6 Å². The minimum Gasteiger partial charge on any atom is -0.371 e. The molecule has 1 unspecified atom stereocenters. The third kappa shape index (κ3) is 4.76. The first-order valence-electron chi connectivity index (χ1n) is 11.5. The van der Waals surface area contributed by atoms with Crippen molar-refractivity contribution >= 4 is 44.0 Å². The summed E-state index contributed by atoms with van der Waals surface area (Å²) in [7, 11) is -3.76. The summed E-state index contributed by atoms with van der Waals surface area (Å²) >= 11 is 6.03. The molecule has 1 amide bonds. The molecule has 5 rings (SSSR count). The number of piperazine rings is 1. The molecule has 1 aromatic heterocycles. The van der Waals surface area contributed by atoms with Crippen molar-refractivity contribution in [1.29, 1.82) is 0 Å². The number of benzene rings is 2. The predicted octanol–water partition coefficient (Wildman–Crippen LogP) is 3.64. The number of rotatable bonds is 5. The lowest BCUT2D eigenvalue weighted by molar-refractivity contribution is -0.134. The Labute approximate surface area is 205 Å². The molecular weight excluding hydrogens is 472 g/mol. The van der Waals surface area contributed by atoms with Crippen molar-refractivity contribution in [2.75, 3.05) is 44.2 Å². The van der Waals surface area contributed by atoms with Crippen molar-refractivity contribution in [3.8, 4) is 0 Å². The van der Waals surface area contributed by atoms with Gasteiger partial charge in [0, 0.05) is 55.8 Å². The molecule has 9 heteroatoms. The van der Waals surface area contributed by atoms with Gasteiger partial charge in [-0.15, -0.1) is 0 Å². The van der Waals surface area contributed by atoms with Crippen molar-refractivity contribution in [2.45, 2.75) is 17.7 Å². The average Bonchev–Trinajstić information content (AvgIpc) is 2.85. The molecule has 0 bridgehead atoms. The average molecular weight is 499 g/mol. The number of carbonyl (C=O) groups is 1. The summed E-state index contributed by atoms with van der Waals surface area (Å²) in [5.41, 5.74) is 1.15. The predicted molar refractivity (Wildman–Crippen MR) is 133 cm³/mol. The van der Waals surface area contributed by atoms with Crippen LogP contribution in [0.3, 0.4) is 0 Å². The van der Waals surface area contributed by atoms with Crippen molar-refractivity contribution in [1.82, 2.24) is 14.2 Å². The van der Waals surface area contributed by atoms with Crippen molar-refractivity contribution in [2.24, 2.45) is 5.92 Å². The number of carbonyl (C=O) groups excluding carboxylic acids is 1. The molecule has 3 aromatic rings. The Morgan fingerprint density at radius 2 is 1.74 bits per heavy atom. The van der Waals surface area contributed by atoms with Gasteiger partial charge in [0.25, 0.3) is 0 Å². The number of fused-ring (bicyclic) bond motifs is 1. The highest BCUT2D eigenvalue weighted by Gasteiger charge is 2.34. The molecule has 2 aliphatic rings. The zero-order chi connectivity index (χ0) is 23.7. The van der Waals surface area contributed by atoms with Gasteiger partial charge in [-0.2, -0.15) is 4.31 Å². The standard InChI is InChI=1S/C25H27ClN4O3S/c26-22-5-3-21-15-24(6-4-20(21)14-22)34(32,33)30-13-12-29(25(31)18-30)17-19-2-1-11-28(16-19)23-7-9-27-10-8-23/h3-10,14-15,19H,1-2,11-13,16-18H2. The summed E-state index contributed by atoms with van der Waals surface area (Å²) < 4.78 is 27.8. The van der Waals surface area contributed by atoms with E-state index in [-0.39, 0.29) is 17.3 Å². The monoisotopic (exact) mass is 498 g/mol. The van der Waals surface area contributed by atoms with Crippen molar-refractivity contribution in [3.05, 3.63) is 65.9 Å². The Kier molecular flexibility index (Phi) is 6.46. The topological polar surface area (TPSA) is 73.8 Å². The van der Waals surface area contributed by atoms with Gasteiger partial charge in [-0.3, -0.25) is 9.78 Å². The lowest BCUT2D eigenvalue weighted by atomic mass is 9.96. The molecule has 2 fully saturated rings. The van der Waals surface area contributed by atoms with Crippen LogP contribution in [-0.2, 0) is 14.8 Å². The molecular formula is C25H27ClN4O3S. The molecule has 0 N–H and O–H groups in total. The van der Waals surface area contributed by atoms with Crippen LogP contribution in [0.25, 0.3) is 10.8 Å². The first-order valence-corrected chi connectivity index (χ1v) is 13.3. The number of aromatic nitrogens is 1. The molecule has 2 saturated heterocycles. The van der Waals surface area contributed by atoms with Crippen LogP contribution in [-0.4, -0.2) is 67.8 Å². The van der Waals surface area contributed by atoms with E-state index < -0.39 is 10.0 Å². The van der Waals surface area contributed by atoms with Gasteiger partial charge in [-0.1, -0.05) is 23.7 Å². The number of hydrogen-bond donors (Lipinski definition) is 0. The van der Waals surface area contributed by atoms with E-state index in [1.807, 2.05) is 17.0 Å². The second-order valence-corrected chi connectivity index (χ2v) is 11.4. The van der Waals surface area contributed by atoms with E-state index in [4.69, 9.17) is 11.6 Å². The maximum absolute atomic E-state index is 13.3. The Bertz CT molecular complexity index is 1300. The zero-order valence-electron chi connectivity index (χ0n) is 18.8. The Morgan fingerprint density at radius 3 is 2.53 bits per heavy atom. The van der Waals surface area contributed by atoms with E-state index in [2.05, 4.69) is 9.88 Å². The van der Waals surface area contributed by atoms with Crippen LogP contribution in [0, 0.1) is 5.92 Å². The van der Waals surface area contributed by atoms with Gasteiger partial charge < -0.3 is 9.80 Å². The fraction of sp³-hybridized carbons (Fsp3) is 0.360. The van der Waals surface area contributed by atoms with E-state index in [9.17, 15) is 13.2 Å². The molecule has 0 radical (unpaired) electrons. The maximum atomic E-state index is 13.3. The Morgan fingerprint density at radius 1 is 0.971 bits per heavy atom. The quantitative estimate of drug-likeness (QED) is 0.537. The lowest BCUT2D eigenvalue weighted by Crippen LogP contribution is -2.54. The Balaban J connectivity index is 1.24. The van der Waals surface area contributed by atoms with Gasteiger partial charge in [0.05, 0.1) is 11.4 Å². The van der Waals surface area contributed by atoms with E-state index in [1.54, 1.807) is 48.8 Å². The minimum atomic E-state index is -3.76. The second-order valence-electron chi connectivity index (χ2n) is 8.99. The van der Waals surface area contributed by atoms with Crippen LogP contribution in [0.1, 0.15) is 12.8 Å². The zero-order valence-corrected chi connectivity index (χ0v) is 20.4. The number of pyridine rings is 1. The van der Waals surface area contributed by atoms with E-state index in [0.717, 1.165) is 42.4 Å². The summed E-state index contributed by atoms with van der Waals surface area (Å²) in [6.45, 7) is 3.13. The summed E-state index contributed by atoms with van der Waals surface area (Å²) in [6.07, 6.45) is 5.73. The van der Waals surface area contributed by atoms with Crippen LogP contribution in [0.2, 0.25) is 5.02 Å². The summed E-state index contributed by atoms with van der Waals surface area (Å²) in [4.78, 5) is 21.4. The van der Waals surface area contributed by atoms with Crippen LogP contribution >= 0.6 is 11.6 Å². The van der Waals surface area contributed by atoms with E-state index in [1.165, 1.54) is 4.31 Å². The van der Waals surface area contributed by atoms with Gasteiger partial charge in [-0.05, 0) is 65.9 Å². The number of sulfonamides is 1. The normalized spacial score (nSPS) is 20.1. The highest BCUT2D eigenvalue weighted by atomic mass is 35.5. The van der Waals surface area contributed by atoms with Gasteiger partial charge in [0.15, 0.2) is 0 Å². The number of piperidine rings is 1. The fourth-order valence-electron chi connectivity index (χ4n) is 4.90. The van der Waals surface area contributed by atoms with Crippen LogP contribution in [0.5, 0.6) is 0 Å². The number of hydrogen-bond acceptors (Lipinski definition) is 5.